The summed E-state index contributed by atoms with van der Waals surface area (Å²) in [7, 11) is -4.12. The van der Waals surface area contributed by atoms with Gasteiger partial charge in [-0.2, -0.15) is 5.10 Å². The zero-order valence-electron chi connectivity index (χ0n) is 22.3. The number of halogens is 3. The summed E-state index contributed by atoms with van der Waals surface area (Å²) in [5.74, 6) is 0.364. The molecule has 0 aliphatic carbocycles. The van der Waals surface area contributed by atoms with Crippen LogP contribution in [0.3, 0.4) is 0 Å². The smallest absolute Gasteiger partial charge is 0.264 e. The van der Waals surface area contributed by atoms with E-state index < -0.39 is 22.5 Å². The van der Waals surface area contributed by atoms with Crippen LogP contribution in [0.5, 0.6) is 11.5 Å². The van der Waals surface area contributed by atoms with Gasteiger partial charge in [0.15, 0.2) is 11.5 Å². The molecule has 0 saturated heterocycles. The fourth-order valence-corrected chi connectivity index (χ4v) is 5.61. The molecular weight excluding hydrogens is 621 g/mol. The van der Waals surface area contributed by atoms with Crippen molar-refractivity contribution in [2.24, 2.45) is 5.10 Å². The van der Waals surface area contributed by atoms with Crippen LogP contribution in [0.4, 0.5) is 5.69 Å². The van der Waals surface area contributed by atoms with Crippen molar-refractivity contribution >= 4 is 62.6 Å². The molecule has 0 bridgehead atoms. The highest BCUT2D eigenvalue weighted by Gasteiger charge is 2.27. The van der Waals surface area contributed by atoms with Crippen LogP contribution in [0.25, 0.3) is 0 Å². The van der Waals surface area contributed by atoms with E-state index in [9.17, 15) is 13.2 Å². The highest BCUT2D eigenvalue weighted by atomic mass is 35.5. The van der Waals surface area contributed by atoms with Gasteiger partial charge in [0.1, 0.15) is 13.2 Å². The Morgan fingerprint density at radius 3 is 2.31 bits per heavy atom. The van der Waals surface area contributed by atoms with Crippen LogP contribution >= 0.6 is 34.8 Å². The number of rotatable bonds is 12. The Labute approximate surface area is 259 Å². The molecule has 4 aromatic rings. The fourth-order valence-electron chi connectivity index (χ4n) is 3.75. The van der Waals surface area contributed by atoms with Gasteiger partial charge in [0.05, 0.1) is 33.4 Å². The van der Waals surface area contributed by atoms with Crippen LogP contribution < -0.4 is 19.2 Å². The lowest BCUT2D eigenvalue weighted by Gasteiger charge is -2.24. The number of amides is 1. The fraction of sp³-hybridized carbons (Fsp3) is 0.133. The van der Waals surface area contributed by atoms with Gasteiger partial charge in [-0.3, -0.25) is 9.10 Å². The Balaban J connectivity index is 1.47. The SMILES string of the molecule is CCOc1cc(/C=N\NC(=O)CN(c2ccc(Cl)c(Cl)c2)S(=O)(=O)c2ccccc2)ccc1OCc1ccc(Cl)cc1. The zero-order chi connectivity index (χ0) is 30.1. The predicted molar refractivity (Wildman–Crippen MR) is 167 cm³/mol. The number of anilines is 1. The van der Waals surface area contributed by atoms with Gasteiger partial charge < -0.3 is 9.47 Å². The number of hydrazone groups is 1. The molecule has 12 heteroatoms. The highest BCUT2D eigenvalue weighted by molar-refractivity contribution is 7.92. The predicted octanol–water partition coefficient (Wildman–Crippen LogP) is 6.97. The molecule has 8 nitrogen and oxygen atoms in total. The number of benzene rings is 4. The Kier molecular flexibility index (Phi) is 10.7. The molecule has 0 unspecified atom stereocenters. The Bertz CT molecular complexity index is 1670. The summed E-state index contributed by atoms with van der Waals surface area (Å²) in [6, 6.07) is 24.6. The maximum atomic E-state index is 13.4. The number of nitrogens with zero attached hydrogens (tertiary/aromatic N) is 2. The summed E-state index contributed by atoms with van der Waals surface area (Å²) in [6.07, 6.45) is 1.42. The van der Waals surface area contributed by atoms with E-state index in [0.717, 1.165) is 9.87 Å². The second kappa shape index (κ2) is 14.4. The van der Waals surface area contributed by atoms with E-state index >= 15 is 0 Å². The van der Waals surface area contributed by atoms with Crippen LogP contribution in [-0.2, 0) is 21.4 Å². The van der Waals surface area contributed by atoms with E-state index in [0.29, 0.717) is 35.3 Å². The minimum atomic E-state index is -4.12. The highest BCUT2D eigenvalue weighted by Crippen LogP contribution is 2.31. The standard InChI is InChI=1S/C30H26Cl3N3O5S/c1-2-40-29-16-22(10-15-28(29)41-20-21-8-11-23(31)12-9-21)18-34-35-30(37)19-36(24-13-14-26(32)27(33)17-24)42(38,39)25-6-4-3-5-7-25/h3-18H,2,19-20H2,1H3,(H,35,37)/b34-18-. The molecule has 4 rings (SSSR count). The van der Waals surface area contributed by atoms with E-state index in [2.05, 4.69) is 10.5 Å². The monoisotopic (exact) mass is 645 g/mol. The van der Waals surface area contributed by atoms with Crippen molar-refractivity contribution in [2.45, 2.75) is 18.4 Å². The molecule has 4 aromatic carbocycles. The van der Waals surface area contributed by atoms with Crippen LogP contribution in [0.2, 0.25) is 15.1 Å². The van der Waals surface area contributed by atoms with Gasteiger partial charge >= 0.3 is 0 Å². The molecule has 1 amide bonds. The van der Waals surface area contributed by atoms with Gasteiger partial charge in [-0.05, 0) is 78.7 Å². The molecule has 0 atom stereocenters. The van der Waals surface area contributed by atoms with Crippen molar-refractivity contribution in [2.75, 3.05) is 17.5 Å². The van der Waals surface area contributed by atoms with E-state index in [1.54, 1.807) is 48.5 Å². The van der Waals surface area contributed by atoms with E-state index in [4.69, 9.17) is 44.3 Å². The zero-order valence-corrected chi connectivity index (χ0v) is 25.4. The third-order valence-corrected chi connectivity index (χ3v) is 8.57. The van der Waals surface area contributed by atoms with Crippen LogP contribution in [0.15, 0.2) is 101 Å². The summed E-state index contributed by atoms with van der Waals surface area (Å²) >= 11 is 18.1. The Hall–Kier alpha value is -3.76. The molecule has 0 aliphatic rings. The van der Waals surface area contributed by atoms with Gasteiger partial charge in [-0.25, -0.2) is 13.8 Å². The summed E-state index contributed by atoms with van der Waals surface area (Å²) in [5, 5.41) is 5.04. The number of sulfonamides is 1. The number of hydrogen-bond acceptors (Lipinski definition) is 6. The quantitative estimate of drug-likeness (QED) is 0.132. The first-order valence-corrected chi connectivity index (χ1v) is 15.2. The van der Waals surface area contributed by atoms with E-state index in [1.165, 1.54) is 36.5 Å². The third-order valence-electron chi connectivity index (χ3n) is 5.79. The van der Waals surface area contributed by atoms with Crippen LogP contribution in [0.1, 0.15) is 18.1 Å². The Morgan fingerprint density at radius 1 is 0.881 bits per heavy atom. The topological polar surface area (TPSA) is 97.3 Å². The molecule has 0 heterocycles. The average Bonchev–Trinajstić information content (AvgIpc) is 2.98. The van der Waals surface area contributed by atoms with Crippen molar-refractivity contribution in [1.82, 2.24) is 5.43 Å². The van der Waals surface area contributed by atoms with Gasteiger partial charge in [0, 0.05) is 5.02 Å². The molecule has 1 N–H and O–H groups in total. The van der Waals surface area contributed by atoms with Gasteiger partial charge in [0.2, 0.25) is 0 Å². The minimum absolute atomic E-state index is 0.00852. The number of carbonyl (C=O) groups excluding carboxylic acids is 1. The number of carbonyl (C=O) groups is 1. The maximum Gasteiger partial charge on any atom is 0.264 e. The lowest BCUT2D eigenvalue weighted by Crippen LogP contribution is -2.39. The molecule has 0 saturated carbocycles. The third kappa shape index (κ3) is 8.17. The largest absolute Gasteiger partial charge is 0.490 e. The number of nitrogens with one attached hydrogen (secondary N) is 1. The first-order chi connectivity index (χ1) is 20.2. The molecule has 42 heavy (non-hydrogen) atoms. The lowest BCUT2D eigenvalue weighted by atomic mass is 10.2. The molecule has 0 aromatic heterocycles. The van der Waals surface area contributed by atoms with Crippen LogP contribution in [0, 0.1) is 0 Å². The molecule has 0 radical (unpaired) electrons. The molecular formula is C30H26Cl3N3O5S. The average molecular weight is 647 g/mol. The minimum Gasteiger partial charge on any atom is -0.490 e. The van der Waals surface area contributed by atoms with Crippen LogP contribution in [-0.4, -0.2) is 33.7 Å². The maximum absolute atomic E-state index is 13.4. The summed E-state index contributed by atoms with van der Waals surface area (Å²) in [6.45, 7) is 2.03. The summed E-state index contributed by atoms with van der Waals surface area (Å²) in [5.41, 5.74) is 4.12. The number of ether oxygens (including phenoxy) is 2. The summed E-state index contributed by atoms with van der Waals surface area (Å²) in [4.78, 5) is 12.9. The van der Waals surface area contributed by atoms with Crippen molar-refractivity contribution in [3.8, 4) is 11.5 Å². The van der Waals surface area contributed by atoms with Gasteiger partial charge in [-0.15, -0.1) is 0 Å². The first-order valence-electron chi connectivity index (χ1n) is 12.7. The molecule has 0 fully saturated rings. The van der Waals surface area contributed by atoms with Crippen molar-refractivity contribution in [1.29, 1.82) is 0 Å². The molecule has 0 spiro atoms. The number of hydrogen-bond donors (Lipinski definition) is 1. The first kappa shape index (κ1) is 31.2. The van der Waals surface area contributed by atoms with E-state index in [1.807, 2.05) is 19.1 Å². The second-order valence-corrected chi connectivity index (χ2v) is 11.9. The van der Waals surface area contributed by atoms with E-state index in [-0.39, 0.29) is 20.6 Å². The van der Waals surface area contributed by atoms with Crippen molar-refractivity contribution in [3.63, 3.8) is 0 Å². The van der Waals surface area contributed by atoms with Crippen molar-refractivity contribution in [3.05, 3.63) is 117 Å². The lowest BCUT2D eigenvalue weighted by molar-refractivity contribution is -0.119. The summed E-state index contributed by atoms with van der Waals surface area (Å²) < 4.78 is 39.5. The normalized spacial score (nSPS) is 11.3. The second-order valence-electron chi connectivity index (χ2n) is 8.77. The molecule has 218 valence electrons. The Morgan fingerprint density at radius 2 is 1.62 bits per heavy atom. The molecule has 0 aliphatic heterocycles. The van der Waals surface area contributed by atoms with Gasteiger partial charge in [-0.1, -0.05) is 65.1 Å². The van der Waals surface area contributed by atoms with Gasteiger partial charge in [0.25, 0.3) is 15.9 Å². The van der Waals surface area contributed by atoms with Crippen molar-refractivity contribution < 1.29 is 22.7 Å².